The summed E-state index contributed by atoms with van der Waals surface area (Å²) in [4.78, 5) is 26.5. The molecule has 0 radical (unpaired) electrons. The second-order valence-corrected chi connectivity index (χ2v) is 7.81. The summed E-state index contributed by atoms with van der Waals surface area (Å²) in [5.74, 6) is 0.528. The third kappa shape index (κ3) is 3.37. The number of carbonyl (C=O) groups is 1. The number of halogens is 1. The predicted octanol–water partition coefficient (Wildman–Crippen LogP) is 2.11. The molecule has 3 aromatic heterocycles. The summed E-state index contributed by atoms with van der Waals surface area (Å²) in [6.45, 7) is 5.76. The van der Waals surface area contributed by atoms with Crippen LogP contribution in [0.25, 0.3) is 5.78 Å². The van der Waals surface area contributed by atoms with E-state index in [1.807, 2.05) is 24.0 Å². The summed E-state index contributed by atoms with van der Waals surface area (Å²) < 4.78 is 2.41. The first-order valence-electron chi connectivity index (χ1n) is 8.04. The van der Waals surface area contributed by atoms with Gasteiger partial charge in [0.15, 0.2) is 0 Å². The molecular weight excluding hydrogens is 360 g/mol. The summed E-state index contributed by atoms with van der Waals surface area (Å²) in [5.41, 5.74) is 0.899. The zero-order valence-electron chi connectivity index (χ0n) is 13.7. The summed E-state index contributed by atoms with van der Waals surface area (Å²) in [6, 6.07) is 5.82. The van der Waals surface area contributed by atoms with Gasteiger partial charge in [0.1, 0.15) is 0 Å². The van der Waals surface area contributed by atoms with Crippen molar-refractivity contribution in [3.63, 3.8) is 0 Å². The van der Waals surface area contributed by atoms with Crippen molar-refractivity contribution in [3.05, 3.63) is 45.1 Å². The number of piperazine rings is 1. The molecule has 130 valence electrons. The molecule has 0 unspecified atom stereocenters. The molecule has 3 aromatic rings. The van der Waals surface area contributed by atoms with E-state index < -0.39 is 0 Å². The van der Waals surface area contributed by atoms with Crippen LogP contribution in [0.3, 0.4) is 0 Å². The van der Waals surface area contributed by atoms with Crippen molar-refractivity contribution < 1.29 is 4.79 Å². The van der Waals surface area contributed by atoms with Gasteiger partial charge in [-0.05, 0) is 25.1 Å². The highest BCUT2D eigenvalue weighted by atomic mass is 35.5. The molecule has 0 saturated carbocycles. The van der Waals surface area contributed by atoms with E-state index in [4.69, 9.17) is 11.6 Å². The standard InChI is InChI=1S/C16H17ClN6OS/c1-11-4-5-18-16-19-14(20-23(11)16)15(24)22-8-6-21(7-9-22)10-12-2-3-13(17)25-12/h2-5H,6-10H2,1H3. The van der Waals surface area contributed by atoms with Gasteiger partial charge in [-0.15, -0.1) is 16.4 Å². The lowest BCUT2D eigenvalue weighted by molar-refractivity contribution is 0.0618. The Kier molecular flexibility index (Phi) is 4.41. The Morgan fingerprint density at radius 2 is 2.04 bits per heavy atom. The smallest absolute Gasteiger partial charge is 0.293 e. The average Bonchev–Trinajstić information content (AvgIpc) is 3.22. The molecule has 9 heteroatoms. The predicted molar refractivity (Wildman–Crippen MR) is 96.0 cm³/mol. The Morgan fingerprint density at radius 1 is 1.24 bits per heavy atom. The van der Waals surface area contributed by atoms with Crippen molar-refractivity contribution in [1.29, 1.82) is 0 Å². The van der Waals surface area contributed by atoms with Gasteiger partial charge < -0.3 is 4.90 Å². The highest BCUT2D eigenvalue weighted by Crippen LogP contribution is 2.23. The quantitative estimate of drug-likeness (QED) is 0.700. The maximum atomic E-state index is 12.7. The number of nitrogens with zero attached hydrogens (tertiary/aromatic N) is 6. The minimum atomic E-state index is -0.135. The summed E-state index contributed by atoms with van der Waals surface area (Å²) in [7, 11) is 0. The molecule has 1 fully saturated rings. The normalized spacial score (nSPS) is 15.8. The van der Waals surface area contributed by atoms with E-state index in [-0.39, 0.29) is 11.7 Å². The van der Waals surface area contributed by atoms with Crippen molar-refractivity contribution >= 4 is 34.6 Å². The number of aryl methyl sites for hydroxylation is 1. The molecule has 0 aliphatic carbocycles. The van der Waals surface area contributed by atoms with Crippen molar-refractivity contribution in [2.45, 2.75) is 13.5 Å². The van der Waals surface area contributed by atoms with E-state index in [9.17, 15) is 4.79 Å². The Labute approximate surface area is 153 Å². The van der Waals surface area contributed by atoms with Crippen LogP contribution in [0.4, 0.5) is 0 Å². The number of thiophene rings is 1. The molecule has 1 saturated heterocycles. The number of amides is 1. The maximum absolute atomic E-state index is 12.7. The van der Waals surface area contributed by atoms with Gasteiger partial charge in [0.25, 0.3) is 11.7 Å². The molecule has 25 heavy (non-hydrogen) atoms. The van der Waals surface area contributed by atoms with Crippen LogP contribution in [0.2, 0.25) is 4.34 Å². The van der Waals surface area contributed by atoms with E-state index in [1.54, 1.807) is 22.0 Å². The lowest BCUT2D eigenvalue weighted by atomic mass is 10.3. The van der Waals surface area contributed by atoms with Crippen LogP contribution in [-0.4, -0.2) is 61.5 Å². The van der Waals surface area contributed by atoms with Crippen molar-refractivity contribution in [1.82, 2.24) is 29.4 Å². The number of aromatic nitrogens is 4. The SMILES string of the molecule is Cc1ccnc2nc(C(=O)N3CCN(Cc4ccc(Cl)s4)CC3)nn12. The summed E-state index contributed by atoms with van der Waals surface area (Å²) in [5, 5.41) is 4.30. The molecule has 0 bridgehead atoms. The van der Waals surface area contributed by atoms with E-state index in [0.29, 0.717) is 18.9 Å². The average molecular weight is 377 g/mol. The van der Waals surface area contributed by atoms with E-state index in [2.05, 4.69) is 26.0 Å². The van der Waals surface area contributed by atoms with Crippen molar-refractivity contribution in [2.75, 3.05) is 26.2 Å². The molecule has 1 aliphatic heterocycles. The van der Waals surface area contributed by atoms with Gasteiger partial charge >= 0.3 is 0 Å². The maximum Gasteiger partial charge on any atom is 0.293 e. The zero-order valence-corrected chi connectivity index (χ0v) is 15.3. The lowest BCUT2D eigenvalue weighted by Gasteiger charge is -2.33. The number of carbonyl (C=O) groups excluding carboxylic acids is 1. The van der Waals surface area contributed by atoms with Crippen molar-refractivity contribution in [2.24, 2.45) is 0 Å². The topological polar surface area (TPSA) is 66.6 Å². The fraction of sp³-hybridized carbons (Fsp3) is 0.375. The van der Waals surface area contributed by atoms with Gasteiger partial charge in [0.2, 0.25) is 5.82 Å². The zero-order chi connectivity index (χ0) is 17.4. The van der Waals surface area contributed by atoms with Crippen LogP contribution in [0.1, 0.15) is 21.2 Å². The monoisotopic (exact) mass is 376 g/mol. The molecule has 0 spiro atoms. The molecule has 7 nitrogen and oxygen atoms in total. The lowest BCUT2D eigenvalue weighted by Crippen LogP contribution is -2.48. The highest BCUT2D eigenvalue weighted by molar-refractivity contribution is 7.16. The van der Waals surface area contributed by atoms with E-state index in [0.717, 1.165) is 29.7 Å². The first-order valence-corrected chi connectivity index (χ1v) is 9.24. The van der Waals surface area contributed by atoms with Gasteiger partial charge in [0, 0.05) is 49.5 Å². The van der Waals surface area contributed by atoms with Crippen LogP contribution < -0.4 is 0 Å². The Morgan fingerprint density at radius 3 is 2.72 bits per heavy atom. The molecule has 0 atom stereocenters. The second kappa shape index (κ2) is 6.70. The minimum absolute atomic E-state index is 0.135. The number of rotatable bonds is 3. The van der Waals surface area contributed by atoms with Gasteiger partial charge in [-0.2, -0.15) is 4.98 Å². The van der Waals surface area contributed by atoms with E-state index >= 15 is 0 Å². The molecule has 0 N–H and O–H groups in total. The molecule has 4 rings (SSSR count). The van der Waals surface area contributed by atoms with Gasteiger partial charge in [-0.1, -0.05) is 11.6 Å². The highest BCUT2D eigenvalue weighted by Gasteiger charge is 2.25. The molecule has 1 aliphatic rings. The Bertz CT molecular complexity index is 914. The summed E-state index contributed by atoms with van der Waals surface area (Å²) >= 11 is 7.58. The minimum Gasteiger partial charge on any atom is -0.333 e. The van der Waals surface area contributed by atoms with Gasteiger partial charge in [0.05, 0.1) is 4.34 Å². The summed E-state index contributed by atoms with van der Waals surface area (Å²) in [6.07, 6.45) is 1.67. The van der Waals surface area contributed by atoms with Crippen molar-refractivity contribution in [3.8, 4) is 0 Å². The van der Waals surface area contributed by atoms with Crippen LogP contribution in [0.15, 0.2) is 24.4 Å². The molecule has 1 amide bonds. The second-order valence-electron chi connectivity index (χ2n) is 6.01. The number of hydrogen-bond donors (Lipinski definition) is 0. The Balaban J connectivity index is 1.41. The third-order valence-electron chi connectivity index (χ3n) is 4.29. The van der Waals surface area contributed by atoms with Crippen LogP contribution in [0, 0.1) is 6.92 Å². The van der Waals surface area contributed by atoms with E-state index in [1.165, 1.54) is 4.88 Å². The Hall–Kier alpha value is -2.03. The van der Waals surface area contributed by atoms with Crippen LogP contribution in [-0.2, 0) is 6.54 Å². The number of fused-ring (bicyclic) bond motifs is 1. The number of hydrogen-bond acceptors (Lipinski definition) is 6. The van der Waals surface area contributed by atoms with Gasteiger partial charge in [-0.3, -0.25) is 9.69 Å². The first-order chi connectivity index (χ1) is 12.1. The fourth-order valence-corrected chi connectivity index (χ4v) is 4.03. The van der Waals surface area contributed by atoms with Crippen LogP contribution in [0.5, 0.6) is 0 Å². The molecular formula is C16H17ClN6OS. The first kappa shape index (κ1) is 16.4. The molecule has 4 heterocycles. The van der Waals surface area contributed by atoms with Gasteiger partial charge in [-0.25, -0.2) is 9.50 Å². The fourth-order valence-electron chi connectivity index (χ4n) is 2.90. The molecule has 0 aromatic carbocycles. The largest absolute Gasteiger partial charge is 0.333 e. The third-order valence-corrected chi connectivity index (χ3v) is 5.50. The van der Waals surface area contributed by atoms with Crippen LogP contribution >= 0.6 is 22.9 Å².